The summed E-state index contributed by atoms with van der Waals surface area (Å²) in [7, 11) is -1.34. The maximum Gasteiger partial charge on any atom is 0.488 e. The van der Waals surface area contributed by atoms with Gasteiger partial charge in [0, 0.05) is 11.1 Å². The highest BCUT2D eigenvalue weighted by atomic mass is 79.9. The van der Waals surface area contributed by atoms with E-state index in [1.807, 2.05) is 42.5 Å². The average Bonchev–Trinajstić information content (AvgIpc) is 3.93. The fraction of sp³-hybridized carbons (Fsp3) is 0.0312. The van der Waals surface area contributed by atoms with Crippen LogP contribution >= 0.6 is 31.9 Å². The summed E-state index contributed by atoms with van der Waals surface area (Å²) in [6.07, 6.45) is 0. The fourth-order valence-corrected chi connectivity index (χ4v) is 11.2. The summed E-state index contributed by atoms with van der Waals surface area (Å²) >= 11 is 7.12. The molecule has 6 nitrogen and oxygen atoms in total. The first-order valence-electron chi connectivity index (χ1n) is 24.0. The molecule has 0 bridgehead atoms. The molecule has 9 heteroatoms. The van der Waals surface area contributed by atoms with Gasteiger partial charge in [-0.3, -0.25) is 9.97 Å². The van der Waals surface area contributed by atoms with E-state index in [1.165, 1.54) is 44.5 Å². The molecule has 2 aliphatic rings. The van der Waals surface area contributed by atoms with Crippen molar-refractivity contribution in [1.82, 2.24) is 19.9 Å². The Hall–Kier alpha value is -7.92. The van der Waals surface area contributed by atoms with Gasteiger partial charge in [-0.25, -0.2) is 9.97 Å². The number of aromatic nitrogens is 4. The Morgan fingerprint density at radius 1 is 0.288 bits per heavy atom. The third-order valence-corrected chi connectivity index (χ3v) is 14.5. The number of halogens is 2. The SMILES string of the molecule is Brc1cccc(C2(c3cccc(Br)n3)c3ccccc3-c3ccccc32)n1.OB(O)c1ccccc1.c1ccc(-c2cccc(C3(c4cccc(-c5ccccc5)n4)c4ccccc4-c4ccccc43)n2)cc1. The van der Waals surface area contributed by atoms with Crippen LogP contribution in [0.3, 0.4) is 0 Å². The van der Waals surface area contributed by atoms with Crippen LogP contribution in [0.1, 0.15) is 45.0 Å². The van der Waals surface area contributed by atoms with E-state index >= 15 is 0 Å². The number of nitrogens with zero attached hydrogens (tertiary/aromatic N) is 4. The standard InChI is InChI=1S/C35H24N2.C23H14Br2N2.C6H7BO2/c1-3-13-25(14-4-1)31-21-11-23-33(36-31)35(34-24-12-22-32(37-34)26-15-5-2-6-16-26)29-19-9-7-17-27(29)28-18-8-10-20-30(28)35;24-21-13-5-11-19(26-21)23(20-12-6-14-22(25)27-20)17-9-3-1-7-15(17)16-8-2-4-10-18(16)23;8-7(9)6-4-2-1-3-5-6/h1-24H;1-14H;1-5,8-9H. The summed E-state index contributed by atoms with van der Waals surface area (Å²) in [5.74, 6) is 0. The van der Waals surface area contributed by atoms with E-state index in [1.54, 1.807) is 24.3 Å². The van der Waals surface area contributed by atoms with Crippen LogP contribution in [0, 0.1) is 0 Å². The van der Waals surface area contributed by atoms with Gasteiger partial charge >= 0.3 is 7.12 Å². The molecule has 0 unspecified atom stereocenters. The van der Waals surface area contributed by atoms with Gasteiger partial charge in [-0.2, -0.15) is 0 Å². The molecule has 0 spiro atoms. The Kier molecular flexibility index (Phi) is 13.4. The van der Waals surface area contributed by atoms with E-state index < -0.39 is 17.9 Å². The molecule has 4 heterocycles. The first kappa shape index (κ1) is 47.4. The lowest BCUT2D eigenvalue weighted by Crippen LogP contribution is -2.31. The summed E-state index contributed by atoms with van der Waals surface area (Å²) in [6, 6.07) is 88.9. The highest BCUT2D eigenvalue weighted by Gasteiger charge is 2.50. The zero-order chi connectivity index (χ0) is 49.8. The van der Waals surface area contributed by atoms with Crippen molar-refractivity contribution in [3.63, 3.8) is 0 Å². The van der Waals surface area contributed by atoms with E-state index in [4.69, 9.17) is 30.0 Å². The van der Waals surface area contributed by atoms with E-state index in [0.717, 1.165) is 54.5 Å². The van der Waals surface area contributed by atoms with Crippen molar-refractivity contribution in [2.75, 3.05) is 0 Å². The molecule has 350 valence electrons. The molecule has 0 amide bonds. The Balaban J connectivity index is 0.000000139. The van der Waals surface area contributed by atoms with E-state index in [0.29, 0.717) is 5.46 Å². The van der Waals surface area contributed by atoms with Crippen molar-refractivity contribution in [1.29, 1.82) is 0 Å². The minimum Gasteiger partial charge on any atom is -0.423 e. The van der Waals surface area contributed by atoms with Gasteiger partial charge in [0.05, 0.1) is 34.2 Å². The van der Waals surface area contributed by atoms with Crippen molar-refractivity contribution in [2.24, 2.45) is 0 Å². The average molecular weight is 1070 g/mol. The van der Waals surface area contributed by atoms with Crippen molar-refractivity contribution < 1.29 is 10.0 Å². The third kappa shape index (κ3) is 8.74. The summed E-state index contributed by atoms with van der Waals surface area (Å²) in [6.45, 7) is 0. The van der Waals surface area contributed by atoms with Crippen molar-refractivity contribution in [3.05, 3.63) is 315 Å². The highest BCUT2D eigenvalue weighted by Crippen LogP contribution is 2.57. The third-order valence-electron chi connectivity index (χ3n) is 13.6. The maximum atomic E-state index is 8.58. The van der Waals surface area contributed by atoms with E-state index in [2.05, 4.69) is 226 Å². The predicted molar refractivity (Wildman–Crippen MR) is 301 cm³/mol. The van der Waals surface area contributed by atoms with Crippen LogP contribution in [0.4, 0.5) is 0 Å². The highest BCUT2D eigenvalue weighted by molar-refractivity contribution is 9.10. The van der Waals surface area contributed by atoms with Gasteiger partial charge in [0.2, 0.25) is 0 Å². The summed E-state index contributed by atoms with van der Waals surface area (Å²) in [5.41, 5.74) is 17.1. The second-order valence-corrected chi connectivity index (χ2v) is 19.3. The number of hydrogen-bond donors (Lipinski definition) is 2. The first-order chi connectivity index (χ1) is 35.9. The predicted octanol–water partition coefficient (Wildman–Crippen LogP) is 13.9. The molecule has 2 N–H and O–H groups in total. The fourth-order valence-electron chi connectivity index (χ4n) is 10.5. The Bertz CT molecular complexity index is 3510. The Morgan fingerprint density at radius 3 is 0.890 bits per heavy atom. The quantitative estimate of drug-likeness (QED) is 0.122. The number of fused-ring (bicyclic) bond motifs is 6. The molecular formula is C64H45BBr2N4O2. The van der Waals surface area contributed by atoms with Gasteiger partial charge in [0.1, 0.15) is 20.0 Å². The van der Waals surface area contributed by atoms with Crippen LogP contribution in [-0.4, -0.2) is 37.1 Å². The van der Waals surface area contributed by atoms with Gasteiger partial charge in [-0.05, 0) is 130 Å². The number of benzene rings is 7. The summed E-state index contributed by atoms with van der Waals surface area (Å²) in [5, 5.41) is 17.2. The van der Waals surface area contributed by atoms with Gasteiger partial charge in [-0.1, -0.05) is 212 Å². The van der Waals surface area contributed by atoms with Crippen LogP contribution in [0.15, 0.2) is 270 Å². The molecule has 0 fully saturated rings. The lowest BCUT2D eigenvalue weighted by molar-refractivity contribution is 0.426. The molecule has 73 heavy (non-hydrogen) atoms. The van der Waals surface area contributed by atoms with Crippen LogP contribution in [0.25, 0.3) is 44.8 Å². The van der Waals surface area contributed by atoms with Crippen molar-refractivity contribution in [2.45, 2.75) is 10.8 Å². The van der Waals surface area contributed by atoms with Gasteiger partial charge in [0.25, 0.3) is 0 Å². The molecule has 0 saturated carbocycles. The van der Waals surface area contributed by atoms with Crippen molar-refractivity contribution in [3.8, 4) is 44.8 Å². The minimum absolute atomic E-state index is 0.525. The summed E-state index contributed by atoms with van der Waals surface area (Å²) < 4.78 is 1.63. The Morgan fingerprint density at radius 2 is 0.575 bits per heavy atom. The molecule has 0 radical (unpaired) electrons. The molecule has 0 aliphatic heterocycles. The largest absolute Gasteiger partial charge is 0.488 e. The molecule has 4 aromatic heterocycles. The van der Waals surface area contributed by atoms with Crippen LogP contribution in [-0.2, 0) is 10.8 Å². The topological polar surface area (TPSA) is 92.0 Å². The van der Waals surface area contributed by atoms with E-state index in [9.17, 15) is 0 Å². The van der Waals surface area contributed by atoms with Crippen LogP contribution < -0.4 is 5.46 Å². The number of rotatable bonds is 7. The minimum atomic E-state index is -1.34. The smallest absolute Gasteiger partial charge is 0.423 e. The van der Waals surface area contributed by atoms with Gasteiger partial charge in [0.15, 0.2) is 0 Å². The molecule has 11 aromatic rings. The van der Waals surface area contributed by atoms with Crippen LogP contribution in [0.2, 0.25) is 0 Å². The first-order valence-corrected chi connectivity index (χ1v) is 25.6. The molecule has 7 aromatic carbocycles. The van der Waals surface area contributed by atoms with Crippen LogP contribution in [0.5, 0.6) is 0 Å². The second-order valence-electron chi connectivity index (χ2n) is 17.7. The zero-order valence-corrected chi connectivity index (χ0v) is 42.5. The molecule has 0 saturated heterocycles. The monoisotopic (exact) mass is 1070 g/mol. The zero-order valence-electron chi connectivity index (χ0n) is 39.3. The van der Waals surface area contributed by atoms with Gasteiger partial charge < -0.3 is 10.0 Å². The maximum absolute atomic E-state index is 8.58. The second kappa shape index (κ2) is 20.7. The molecule has 2 aliphatic carbocycles. The van der Waals surface area contributed by atoms with E-state index in [-0.39, 0.29) is 0 Å². The number of hydrogen-bond acceptors (Lipinski definition) is 6. The molecule has 13 rings (SSSR count). The lowest BCUT2D eigenvalue weighted by atomic mass is 9.72. The Labute approximate surface area is 442 Å². The number of pyridine rings is 4. The molecule has 0 atom stereocenters. The van der Waals surface area contributed by atoms with Crippen molar-refractivity contribution >= 4 is 44.4 Å². The molecular weight excluding hydrogens is 1030 g/mol. The normalized spacial score (nSPS) is 12.9. The summed E-state index contributed by atoms with van der Waals surface area (Å²) in [4.78, 5) is 20.5. The lowest BCUT2D eigenvalue weighted by Gasteiger charge is -2.32. The van der Waals surface area contributed by atoms with Gasteiger partial charge in [-0.15, -0.1) is 0 Å².